The first kappa shape index (κ1) is 12.6. The maximum Gasteiger partial charge on any atom is 0.166 e. The van der Waals surface area contributed by atoms with E-state index < -0.39 is 0 Å². The Morgan fingerprint density at radius 2 is 1.74 bits per heavy atom. The van der Waals surface area contributed by atoms with Gasteiger partial charge in [0.1, 0.15) is 0 Å². The van der Waals surface area contributed by atoms with E-state index in [-0.39, 0.29) is 11.7 Å². The third-order valence-electron chi connectivity index (χ3n) is 3.85. The first-order chi connectivity index (χ1) is 9.27. The molecule has 1 fully saturated rings. The molecule has 0 bridgehead atoms. The Labute approximate surface area is 117 Å². The summed E-state index contributed by atoms with van der Waals surface area (Å²) in [6, 6.07) is 11.6. The number of nitrogens with one attached hydrogen (secondary N) is 1. The minimum atomic E-state index is 0.144. The number of hydrogen-bond donors (Lipinski definition) is 1. The molecule has 1 N–H and O–H groups in total. The molecule has 2 aromatic carbocycles. The highest BCUT2D eigenvalue weighted by atomic mass is 35.5. The van der Waals surface area contributed by atoms with Crippen LogP contribution >= 0.6 is 11.6 Å². The summed E-state index contributed by atoms with van der Waals surface area (Å²) in [6.07, 6.45) is 1.85. The number of carbonyl (C=O) groups is 1. The lowest BCUT2D eigenvalue weighted by Gasteiger charge is -2.22. The topological polar surface area (TPSA) is 29.1 Å². The number of ketones is 1. The van der Waals surface area contributed by atoms with Crippen molar-refractivity contribution in [2.45, 2.75) is 12.8 Å². The van der Waals surface area contributed by atoms with Gasteiger partial charge in [0.05, 0.1) is 0 Å². The van der Waals surface area contributed by atoms with Crippen LogP contribution in [-0.2, 0) is 0 Å². The second kappa shape index (κ2) is 5.32. The van der Waals surface area contributed by atoms with Crippen LogP contribution in [-0.4, -0.2) is 18.9 Å². The minimum absolute atomic E-state index is 0.144. The van der Waals surface area contributed by atoms with Gasteiger partial charge < -0.3 is 5.32 Å². The van der Waals surface area contributed by atoms with Crippen molar-refractivity contribution in [3.8, 4) is 0 Å². The molecule has 0 atom stereocenters. The zero-order valence-corrected chi connectivity index (χ0v) is 11.4. The molecular weight excluding hydrogens is 258 g/mol. The molecule has 19 heavy (non-hydrogen) atoms. The van der Waals surface area contributed by atoms with Gasteiger partial charge in [-0.3, -0.25) is 4.79 Å². The first-order valence-electron chi connectivity index (χ1n) is 6.69. The molecule has 0 aliphatic carbocycles. The summed E-state index contributed by atoms with van der Waals surface area (Å²) in [4.78, 5) is 12.7. The smallest absolute Gasteiger partial charge is 0.166 e. The van der Waals surface area contributed by atoms with E-state index in [9.17, 15) is 4.79 Å². The quantitative estimate of drug-likeness (QED) is 0.846. The van der Waals surface area contributed by atoms with Crippen LogP contribution in [0.5, 0.6) is 0 Å². The number of hydrogen-bond acceptors (Lipinski definition) is 2. The van der Waals surface area contributed by atoms with Crippen LogP contribution in [0.15, 0.2) is 36.4 Å². The number of halogens is 1. The van der Waals surface area contributed by atoms with Gasteiger partial charge in [-0.25, -0.2) is 0 Å². The predicted octanol–water partition coefficient (Wildman–Crippen LogP) is 3.68. The summed E-state index contributed by atoms with van der Waals surface area (Å²) in [6.45, 7) is 1.86. The standard InChI is InChI=1S/C16H16ClNO/c17-15-6-5-14(12-3-1-2-4-13(12)15)16(19)11-7-9-18-10-8-11/h1-6,11,18H,7-10H2. The van der Waals surface area contributed by atoms with Gasteiger partial charge in [0.25, 0.3) is 0 Å². The highest BCUT2D eigenvalue weighted by molar-refractivity contribution is 6.36. The molecule has 0 spiro atoms. The average Bonchev–Trinajstić information content (AvgIpc) is 2.48. The molecular formula is C16H16ClNO. The Morgan fingerprint density at radius 3 is 2.47 bits per heavy atom. The summed E-state index contributed by atoms with van der Waals surface area (Å²) in [5.74, 6) is 0.403. The fourth-order valence-electron chi connectivity index (χ4n) is 2.78. The molecule has 0 amide bonds. The summed E-state index contributed by atoms with van der Waals surface area (Å²) in [5.41, 5.74) is 0.812. The van der Waals surface area contributed by atoms with Crippen molar-refractivity contribution in [2.75, 3.05) is 13.1 Å². The van der Waals surface area contributed by atoms with Gasteiger partial charge in [0.15, 0.2) is 5.78 Å². The largest absolute Gasteiger partial charge is 0.317 e. The van der Waals surface area contributed by atoms with Crippen LogP contribution in [0.2, 0.25) is 5.02 Å². The lowest BCUT2D eigenvalue weighted by molar-refractivity contribution is 0.0897. The second-order valence-corrected chi connectivity index (χ2v) is 5.44. The highest BCUT2D eigenvalue weighted by Crippen LogP contribution is 2.29. The van der Waals surface area contributed by atoms with Gasteiger partial charge in [0.2, 0.25) is 0 Å². The molecule has 2 aromatic rings. The van der Waals surface area contributed by atoms with E-state index >= 15 is 0 Å². The monoisotopic (exact) mass is 273 g/mol. The van der Waals surface area contributed by atoms with Crippen molar-refractivity contribution in [3.05, 3.63) is 47.0 Å². The second-order valence-electron chi connectivity index (χ2n) is 5.03. The van der Waals surface area contributed by atoms with E-state index in [0.717, 1.165) is 42.3 Å². The third kappa shape index (κ3) is 2.38. The van der Waals surface area contributed by atoms with Gasteiger partial charge >= 0.3 is 0 Å². The number of rotatable bonds is 2. The summed E-state index contributed by atoms with van der Waals surface area (Å²) in [5, 5.41) is 5.93. The maximum absolute atomic E-state index is 12.7. The van der Waals surface area contributed by atoms with Crippen LogP contribution in [0, 0.1) is 5.92 Å². The molecule has 0 radical (unpaired) electrons. The fraction of sp³-hybridized carbons (Fsp3) is 0.312. The summed E-state index contributed by atoms with van der Waals surface area (Å²) >= 11 is 6.20. The van der Waals surface area contributed by atoms with Crippen LogP contribution in [0.3, 0.4) is 0 Å². The van der Waals surface area contributed by atoms with E-state index in [1.165, 1.54) is 0 Å². The Morgan fingerprint density at radius 1 is 1.05 bits per heavy atom. The summed E-state index contributed by atoms with van der Waals surface area (Å²) < 4.78 is 0. The molecule has 2 nitrogen and oxygen atoms in total. The van der Waals surface area contributed by atoms with E-state index in [2.05, 4.69) is 5.32 Å². The Hall–Kier alpha value is -1.38. The first-order valence-corrected chi connectivity index (χ1v) is 7.07. The van der Waals surface area contributed by atoms with Crippen LogP contribution in [0.25, 0.3) is 10.8 Å². The summed E-state index contributed by atoms with van der Waals surface area (Å²) in [7, 11) is 0. The molecule has 1 aliphatic rings. The Kier molecular flexibility index (Phi) is 3.54. The van der Waals surface area contributed by atoms with Crippen molar-refractivity contribution in [1.29, 1.82) is 0 Å². The van der Waals surface area contributed by atoms with Crippen molar-refractivity contribution in [1.82, 2.24) is 5.32 Å². The number of piperidine rings is 1. The predicted molar refractivity (Wildman–Crippen MR) is 78.9 cm³/mol. The fourth-order valence-corrected chi connectivity index (χ4v) is 3.01. The zero-order chi connectivity index (χ0) is 13.2. The van der Waals surface area contributed by atoms with Gasteiger partial charge in [0, 0.05) is 21.9 Å². The number of Topliss-reactive ketones (excluding diaryl/α,β-unsaturated/α-hetero) is 1. The molecule has 1 heterocycles. The van der Waals surface area contributed by atoms with Gasteiger partial charge in [-0.1, -0.05) is 35.9 Å². The van der Waals surface area contributed by atoms with E-state index in [4.69, 9.17) is 11.6 Å². The SMILES string of the molecule is O=C(c1ccc(Cl)c2ccccc12)C1CCNCC1. The zero-order valence-electron chi connectivity index (χ0n) is 10.7. The van der Waals surface area contributed by atoms with E-state index in [1.54, 1.807) is 0 Å². The van der Waals surface area contributed by atoms with E-state index in [1.807, 2.05) is 36.4 Å². The van der Waals surface area contributed by atoms with Gasteiger partial charge in [-0.2, -0.15) is 0 Å². The van der Waals surface area contributed by atoms with Crippen LogP contribution in [0.1, 0.15) is 23.2 Å². The van der Waals surface area contributed by atoms with Gasteiger partial charge in [-0.15, -0.1) is 0 Å². The molecule has 0 aromatic heterocycles. The lowest BCUT2D eigenvalue weighted by atomic mass is 9.87. The molecule has 0 saturated carbocycles. The Balaban J connectivity index is 2.05. The van der Waals surface area contributed by atoms with Crippen LogP contribution in [0.4, 0.5) is 0 Å². The normalized spacial score (nSPS) is 16.7. The molecule has 1 saturated heterocycles. The van der Waals surface area contributed by atoms with Crippen molar-refractivity contribution in [3.63, 3.8) is 0 Å². The van der Waals surface area contributed by atoms with Crippen LogP contribution < -0.4 is 5.32 Å². The van der Waals surface area contributed by atoms with Crippen molar-refractivity contribution < 1.29 is 4.79 Å². The Bertz CT molecular complexity index is 617. The lowest BCUT2D eigenvalue weighted by Crippen LogP contribution is -2.31. The van der Waals surface area contributed by atoms with Crippen molar-refractivity contribution in [2.24, 2.45) is 5.92 Å². The molecule has 3 heteroatoms. The number of carbonyl (C=O) groups excluding carboxylic acids is 1. The number of fused-ring (bicyclic) bond motifs is 1. The molecule has 1 aliphatic heterocycles. The average molecular weight is 274 g/mol. The highest BCUT2D eigenvalue weighted by Gasteiger charge is 2.23. The van der Waals surface area contributed by atoms with Crippen molar-refractivity contribution >= 4 is 28.2 Å². The van der Waals surface area contributed by atoms with Gasteiger partial charge in [-0.05, 0) is 43.5 Å². The maximum atomic E-state index is 12.7. The minimum Gasteiger partial charge on any atom is -0.317 e. The molecule has 0 unspecified atom stereocenters. The third-order valence-corrected chi connectivity index (χ3v) is 4.18. The molecule has 3 rings (SSSR count). The number of benzene rings is 2. The molecule has 98 valence electrons. The van der Waals surface area contributed by atoms with E-state index in [0.29, 0.717) is 5.02 Å².